The molecular formula is C21H28ClN3O2S. The number of hydrogen-bond acceptors (Lipinski definition) is 6. The smallest absolute Gasteiger partial charge is 0.308 e. The second-order valence-corrected chi connectivity index (χ2v) is 8.67. The van der Waals surface area contributed by atoms with Crippen LogP contribution in [-0.4, -0.2) is 36.4 Å². The van der Waals surface area contributed by atoms with Gasteiger partial charge in [-0.1, -0.05) is 35.6 Å². The maximum atomic E-state index is 11.7. The SMILES string of the molecule is COC(=O)[C@H]1CC[C@H](c2nnc(-c3ccc(C4CCNCC4)cc3)s2)CC1.Cl. The molecule has 152 valence electrons. The number of nitrogens with one attached hydrogen (secondary N) is 1. The van der Waals surface area contributed by atoms with Gasteiger partial charge in [-0.25, -0.2) is 0 Å². The van der Waals surface area contributed by atoms with Gasteiger partial charge in [-0.05, 0) is 63.1 Å². The highest BCUT2D eigenvalue weighted by Crippen LogP contribution is 2.39. The minimum absolute atomic E-state index is 0. The van der Waals surface area contributed by atoms with E-state index >= 15 is 0 Å². The van der Waals surface area contributed by atoms with E-state index in [4.69, 9.17) is 4.74 Å². The molecule has 4 rings (SSSR count). The summed E-state index contributed by atoms with van der Waals surface area (Å²) in [7, 11) is 1.47. The Hall–Kier alpha value is -1.50. The molecule has 0 bridgehead atoms. The van der Waals surface area contributed by atoms with Crippen LogP contribution in [0.2, 0.25) is 0 Å². The molecule has 2 aliphatic rings. The third-order valence-electron chi connectivity index (χ3n) is 6.02. The van der Waals surface area contributed by atoms with Crippen LogP contribution in [-0.2, 0) is 9.53 Å². The lowest BCUT2D eigenvalue weighted by molar-refractivity contribution is -0.146. The van der Waals surface area contributed by atoms with E-state index in [1.54, 1.807) is 11.3 Å². The van der Waals surface area contributed by atoms with E-state index in [1.807, 2.05) is 0 Å². The van der Waals surface area contributed by atoms with E-state index < -0.39 is 0 Å². The predicted octanol–water partition coefficient (Wildman–Crippen LogP) is 4.54. The first-order valence-corrected chi connectivity index (χ1v) is 10.8. The number of benzene rings is 1. The van der Waals surface area contributed by atoms with E-state index in [9.17, 15) is 4.79 Å². The van der Waals surface area contributed by atoms with Gasteiger partial charge in [0.2, 0.25) is 0 Å². The van der Waals surface area contributed by atoms with Gasteiger partial charge in [0, 0.05) is 11.5 Å². The molecule has 28 heavy (non-hydrogen) atoms. The van der Waals surface area contributed by atoms with Crippen molar-refractivity contribution >= 4 is 29.7 Å². The van der Waals surface area contributed by atoms with Crippen LogP contribution >= 0.6 is 23.7 Å². The number of methoxy groups -OCH3 is 1. The minimum atomic E-state index is -0.0692. The van der Waals surface area contributed by atoms with Crippen LogP contribution in [0.25, 0.3) is 10.6 Å². The number of piperidine rings is 1. The van der Waals surface area contributed by atoms with Crippen molar-refractivity contribution < 1.29 is 9.53 Å². The Morgan fingerprint density at radius 3 is 2.32 bits per heavy atom. The molecule has 0 amide bonds. The van der Waals surface area contributed by atoms with E-state index in [2.05, 4.69) is 39.8 Å². The normalized spacial score (nSPS) is 23.0. The van der Waals surface area contributed by atoms with Gasteiger partial charge in [-0.3, -0.25) is 4.79 Å². The second-order valence-electron chi connectivity index (χ2n) is 7.66. The van der Waals surface area contributed by atoms with Crippen molar-refractivity contribution in [1.29, 1.82) is 0 Å². The highest BCUT2D eigenvalue weighted by atomic mass is 35.5. The van der Waals surface area contributed by atoms with Crippen molar-refractivity contribution in [3.8, 4) is 10.6 Å². The summed E-state index contributed by atoms with van der Waals surface area (Å²) in [5, 5.41) is 14.4. The lowest BCUT2D eigenvalue weighted by atomic mass is 9.82. The molecular weight excluding hydrogens is 394 g/mol. The molecule has 1 N–H and O–H groups in total. The zero-order chi connectivity index (χ0) is 18.6. The first kappa shape index (κ1) is 21.2. The third-order valence-corrected chi connectivity index (χ3v) is 7.15. The Morgan fingerprint density at radius 2 is 1.68 bits per heavy atom. The van der Waals surface area contributed by atoms with Gasteiger partial charge in [-0.15, -0.1) is 22.6 Å². The Bertz CT molecular complexity index is 766. The number of aromatic nitrogens is 2. The fourth-order valence-electron chi connectivity index (χ4n) is 4.31. The van der Waals surface area contributed by atoms with E-state index in [1.165, 1.54) is 25.5 Å². The maximum absolute atomic E-state index is 11.7. The molecule has 5 nitrogen and oxygen atoms in total. The van der Waals surface area contributed by atoms with Crippen LogP contribution < -0.4 is 5.32 Å². The zero-order valence-corrected chi connectivity index (χ0v) is 17.9. The number of halogens is 1. The van der Waals surface area contributed by atoms with Crippen LogP contribution in [0.4, 0.5) is 0 Å². The summed E-state index contributed by atoms with van der Waals surface area (Å²) in [4.78, 5) is 11.7. The van der Waals surface area contributed by atoms with Gasteiger partial charge < -0.3 is 10.1 Å². The van der Waals surface area contributed by atoms with Crippen LogP contribution in [0.15, 0.2) is 24.3 Å². The molecule has 0 spiro atoms. The minimum Gasteiger partial charge on any atom is -0.469 e. The average molecular weight is 422 g/mol. The van der Waals surface area contributed by atoms with Crippen molar-refractivity contribution in [1.82, 2.24) is 15.5 Å². The summed E-state index contributed by atoms with van der Waals surface area (Å²) in [5.41, 5.74) is 2.59. The Morgan fingerprint density at radius 1 is 1.00 bits per heavy atom. The molecule has 1 saturated carbocycles. The lowest BCUT2D eigenvalue weighted by Gasteiger charge is -2.25. The summed E-state index contributed by atoms with van der Waals surface area (Å²) in [5.74, 6) is 1.09. The average Bonchev–Trinajstić information content (AvgIpc) is 3.24. The Balaban J connectivity index is 0.00000225. The largest absolute Gasteiger partial charge is 0.469 e. The van der Waals surface area contributed by atoms with Gasteiger partial charge in [-0.2, -0.15) is 0 Å². The van der Waals surface area contributed by atoms with Gasteiger partial charge in [0.1, 0.15) is 10.0 Å². The number of esters is 1. The maximum Gasteiger partial charge on any atom is 0.308 e. The van der Waals surface area contributed by atoms with Crippen molar-refractivity contribution in [2.45, 2.75) is 50.4 Å². The van der Waals surface area contributed by atoms with Gasteiger partial charge in [0.25, 0.3) is 0 Å². The molecule has 2 aromatic rings. The zero-order valence-electron chi connectivity index (χ0n) is 16.2. The van der Waals surface area contributed by atoms with Gasteiger partial charge in [0.05, 0.1) is 13.0 Å². The summed E-state index contributed by atoms with van der Waals surface area (Å²) >= 11 is 1.70. The van der Waals surface area contributed by atoms with Gasteiger partial charge in [0.15, 0.2) is 0 Å². The standard InChI is InChI=1S/C21H27N3O2S.ClH/c1-26-21(25)18-8-6-17(7-9-18)20-24-23-19(27-20)16-4-2-14(3-5-16)15-10-12-22-13-11-15;/h2-5,15,17-18,22H,6-13H2,1H3;1H/t17-,18-;. The van der Waals surface area contributed by atoms with Crippen LogP contribution in [0, 0.1) is 5.92 Å². The van der Waals surface area contributed by atoms with E-state index in [-0.39, 0.29) is 24.3 Å². The van der Waals surface area contributed by atoms with Crippen molar-refractivity contribution in [3.05, 3.63) is 34.8 Å². The third kappa shape index (κ3) is 4.73. The molecule has 0 radical (unpaired) electrons. The number of rotatable bonds is 4. The predicted molar refractivity (Wildman–Crippen MR) is 114 cm³/mol. The first-order chi connectivity index (χ1) is 13.2. The molecule has 7 heteroatoms. The summed E-state index contributed by atoms with van der Waals surface area (Å²) < 4.78 is 4.88. The molecule has 2 fully saturated rings. The molecule has 1 aliphatic carbocycles. The topological polar surface area (TPSA) is 64.1 Å². The molecule has 1 aromatic heterocycles. The van der Waals surface area contributed by atoms with Gasteiger partial charge >= 0.3 is 5.97 Å². The number of hydrogen-bond donors (Lipinski definition) is 1. The summed E-state index contributed by atoms with van der Waals surface area (Å²) in [6.07, 6.45) is 6.19. The fourth-order valence-corrected chi connectivity index (χ4v) is 5.33. The highest BCUT2D eigenvalue weighted by Gasteiger charge is 2.29. The van der Waals surface area contributed by atoms with E-state index in [0.717, 1.165) is 54.4 Å². The second kappa shape index (κ2) is 9.81. The quantitative estimate of drug-likeness (QED) is 0.734. The Kier molecular flexibility index (Phi) is 7.43. The monoisotopic (exact) mass is 421 g/mol. The lowest BCUT2D eigenvalue weighted by Crippen LogP contribution is -2.26. The molecule has 1 saturated heterocycles. The van der Waals surface area contributed by atoms with Crippen molar-refractivity contribution in [2.75, 3.05) is 20.2 Å². The first-order valence-electron chi connectivity index (χ1n) is 9.97. The summed E-state index contributed by atoms with van der Waals surface area (Å²) in [6.45, 7) is 2.23. The number of carbonyl (C=O) groups excluding carboxylic acids is 1. The van der Waals surface area contributed by atoms with Crippen molar-refractivity contribution in [3.63, 3.8) is 0 Å². The molecule has 1 aliphatic heterocycles. The molecule has 0 unspecified atom stereocenters. The summed E-state index contributed by atoms with van der Waals surface area (Å²) in [6, 6.07) is 8.90. The van der Waals surface area contributed by atoms with E-state index in [0.29, 0.717) is 11.8 Å². The van der Waals surface area contributed by atoms with Crippen LogP contribution in [0.3, 0.4) is 0 Å². The number of carbonyl (C=O) groups is 1. The highest BCUT2D eigenvalue weighted by molar-refractivity contribution is 7.14. The number of nitrogens with zero attached hydrogens (tertiary/aromatic N) is 2. The molecule has 0 atom stereocenters. The molecule has 2 heterocycles. The van der Waals surface area contributed by atoms with Crippen molar-refractivity contribution in [2.24, 2.45) is 5.92 Å². The fraction of sp³-hybridized carbons (Fsp3) is 0.571. The van der Waals surface area contributed by atoms with Crippen LogP contribution in [0.1, 0.15) is 60.9 Å². The molecule has 1 aromatic carbocycles. The Labute approximate surface area is 176 Å². The van der Waals surface area contributed by atoms with Crippen LogP contribution in [0.5, 0.6) is 0 Å². The number of ether oxygens (including phenoxy) is 1.